The molecule has 0 spiro atoms. The molecule has 12 heteroatoms. The summed E-state index contributed by atoms with van der Waals surface area (Å²) in [7, 11) is -7.47. The summed E-state index contributed by atoms with van der Waals surface area (Å²) in [6.45, 7) is 14.2. The number of unbranched alkanes of at least 4 members (excludes halogenated alkanes) is 2. The van der Waals surface area contributed by atoms with E-state index >= 15 is 0 Å². The number of nitrogens with one attached hydrogen (secondary N) is 1. The van der Waals surface area contributed by atoms with Crippen molar-refractivity contribution in [2.24, 2.45) is 0 Å². The first kappa shape index (κ1) is 39.7. The average molecular weight is 715 g/mol. The van der Waals surface area contributed by atoms with Gasteiger partial charge in [0.25, 0.3) is 10.1 Å². The molecule has 0 saturated heterocycles. The van der Waals surface area contributed by atoms with E-state index in [1.54, 1.807) is 42.5 Å². The predicted molar refractivity (Wildman–Crippen MR) is 196 cm³/mol. The predicted octanol–water partition coefficient (Wildman–Crippen LogP) is 8.07. The number of fused-ring (bicyclic) bond motifs is 1. The van der Waals surface area contributed by atoms with Gasteiger partial charge in [-0.25, -0.2) is 8.42 Å². The number of nitrogens with zero attached hydrogens (tertiary/aromatic N) is 1. The van der Waals surface area contributed by atoms with E-state index in [0.717, 1.165) is 43.6 Å². The SMILES string of the molecule is CCCCN(CCCC)CCCOc1ccc(C(=O)c2c(C(C)C)oc3ccc(NS(C)(=O)=O)cc23)cc1.Cc1ccc(S(=O)(=O)O)cc1. The second-order valence-corrected chi connectivity index (χ2v) is 15.6. The summed E-state index contributed by atoms with van der Waals surface area (Å²) in [5, 5.41) is 0.586. The zero-order chi connectivity index (χ0) is 36.2. The van der Waals surface area contributed by atoms with Crippen LogP contribution in [0, 0.1) is 6.92 Å². The van der Waals surface area contributed by atoms with Crippen LogP contribution in [-0.4, -0.2) is 64.6 Å². The van der Waals surface area contributed by atoms with Crippen LogP contribution in [0.15, 0.2) is 76.0 Å². The lowest BCUT2D eigenvalue weighted by atomic mass is 9.96. The molecule has 1 aromatic heterocycles. The minimum absolute atomic E-state index is 0.0236. The molecule has 0 aliphatic carbocycles. The number of carbonyl (C=O) groups excluding carboxylic acids is 1. The molecule has 268 valence electrons. The van der Waals surface area contributed by atoms with E-state index in [-0.39, 0.29) is 16.6 Å². The third-order valence-electron chi connectivity index (χ3n) is 7.75. The van der Waals surface area contributed by atoms with Gasteiger partial charge in [0.05, 0.1) is 23.3 Å². The quantitative estimate of drug-likeness (QED) is 0.0630. The van der Waals surface area contributed by atoms with Gasteiger partial charge in [-0.2, -0.15) is 8.42 Å². The molecule has 0 radical (unpaired) electrons. The highest BCUT2D eigenvalue weighted by Crippen LogP contribution is 2.34. The summed E-state index contributed by atoms with van der Waals surface area (Å²) < 4.78 is 67.4. The van der Waals surface area contributed by atoms with E-state index < -0.39 is 20.1 Å². The number of ketones is 1. The minimum atomic E-state index is -4.02. The number of rotatable bonds is 17. The number of sulfonamides is 1. The maximum absolute atomic E-state index is 13.6. The topological polar surface area (TPSA) is 143 Å². The van der Waals surface area contributed by atoms with Crippen molar-refractivity contribution in [1.82, 2.24) is 4.90 Å². The van der Waals surface area contributed by atoms with E-state index in [4.69, 9.17) is 13.7 Å². The van der Waals surface area contributed by atoms with Crippen molar-refractivity contribution in [3.8, 4) is 5.75 Å². The second kappa shape index (κ2) is 18.3. The van der Waals surface area contributed by atoms with E-state index in [0.29, 0.717) is 40.2 Å². The molecule has 1 heterocycles. The highest BCUT2D eigenvalue weighted by molar-refractivity contribution is 7.92. The molecule has 2 N–H and O–H groups in total. The van der Waals surface area contributed by atoms with Gasteiger partial charge in [0, 0.05) is 29.1 Å². The highest BCUT2D eigenvalue weighted by Gasteiger charge is 2.24. The Morgan fingerprint density at radius 3 is 2.00 bits per heavy atom. The van der Waals surface area contributed by atoms with Gasteiger partial charge in [0.2, 0.25) is 10.0 Å². The summed E-state index contributed by atoms with van der Waals surface area (Å²) >= 11 is 0. The van der Waals surface area contributed by atoms with E-state index in [1.807, 2.05) is 32.9 Å². The molecule has 0 saturated carbocycles. The fourth-order valence-electron chi connectivity index (χ4n) is 5.17. The second-order valence-electron chi connectivity index (χ2n) is 12.5. The van der Waals surface area contributed by atoms with Gasteiger partial charge in [-0.1, -0.05) is 58.2 Å². The zero-order valence-electron chi connectivity index (χ0n) is 29.4. The largest absolute Gasteiger partial charge is 0.494 e. The molecular weight excluding hydrogens is 665 g/mol. The molecule has 0 amide bonds. The van der Waals surface area contributed by atoms with Crippen molar-refractivity contribution in [2.75, 3.05) is 37.2 Å². The van der Waals surface area contributed by atoms with Crippen molar-refractivity contribution in [3.63, 3.8) is 0 Å². The minimum Gasteiger partial charge on any atom is -0.494 e. The first-order chi connectivity index (χ1) is 23.1. The van der Waals surface area contributed by atoms with E-state index in [2.05, 4.69) is 23.5 Å². The smallest absolute Gasteiger partial charge is 0.294 e. The molecule has 4 aromatic rings. The lowest BCUT2D eigenvalue weighted by Crippen LogP contribution is -2.28. The molecular formula is C37H50N2O8S2. The summed E-state index contributed by atoms with van der Waals surface area (Å²) in [6.07, 6.45) is 6.90. The van der Waals surface area contributed by atoms with Gasteiger partial charge in [-0.15, -0.1) is 0 Å². The van der Waals surface area contributed by atoms with Gasteiger partial charge < -0.3 is 14.1 Å². The van der Waals surface area contributed by atoms with E-state index in [1.165, 1.54) is 37.8 Å². The van der Waals surface area contributed by atoms with Gasteiger partial charge in [-0.3, -0.25) is 14.1 Å². The molecule has 49 heavy (non-hydrogen) atoms. The Morgan fingerprint density at radius 1 is 0.878 bits per heavy atom. The fourth-order valence-corrected chi connectivity index (χ4v) is 6.20. The van der Waals surface area contributed by atoms with Crippen LogP contribution in [-0.2, 0) is 20.1 Å². The Morgan fingerprint density at radius 2 is 1.47 bits per heavy atom. The van der Waals surface area contributed by atoms with Crippen LogP contribution in [0.3, 0.4) is 0 Å². The molecule has 0 unspecified atom stereocenters. The van der Waals surface area contributed by atoms with Crippen molar-refractivity contribution < 1.29 is 35.3 Å². The average Bonchev–Trinajstić information content (AvgIpc) is 3.42. The Balaban J connectivity index is 0.000000501. The molecule has 0 atom stereocenters. The number of ether oxygens (including phenoxy) is 1. The molecule has 4 rings (SSSR count). The summed E-state index contributed by atoms with van der Waals surface area (Å²) in [6, 6.07) is 18.2. The maximum atomic E-state index is 13.6. The molecule has 0 bridgehead atoms. The Kier molecular flexibility index (Phi) is 14.9. The van der Waals surface area contributed by atoms with Crippen molar-refractivity contribution in [1.29, 1.82) is 0 Å². The number of furan rings is 1. The van der Waals surface area contributed by atoms with Crippen LogP contribution < -0.4 is 9.46 Å². The Labute approximate surface area is 291 Å². The third-order valence-corrected chi connectivity index (χ3v) is 9.22. The third kappa shape index (κ3) is 12.6. The normalized spacial score (nSPS) is 11.9. The molecule has 0 fully saturated rings. The Hall–Kier alpha value is -3.71. The number of hydrogen-bond donors (Lipinski definition) is 2. The van der Waals surface area contributed by atoms with E-state index in [9.17, 15) is 21.6 Å². The monoisotopic (exact) mass is 714 g/mol. The van der Waals surface area contributed by atoms with Crippen LogP contribution in [0.2, 0.25) is 0 Å². The lowest BCUT2D eigenvalue weighted by molar-refractivity contribution is 0.103. The summed E-state index contributed by atoms with van der Waals surface area (Å²) in [5.74, 6) is 1.12. The molecule has 10 nitrogen and oxygen atoms in total. The highest BCUT2D eigenvalue weighted by atomic mass is 32.2. The standard InChI is InChI=1S/C30H42N2O5S.C7H8O3S/c1-6-8-17-32(18-9-7-2)19-10-20-36-25-14-11-23(12-15-25)29(33)28-26-21-24(31-38(5,34)35)13-16-27(26)37-30(28)22(3)4;1-6-2-4-7(5-3-6)11(8,9)10/h11-16,21-22,31H,6-10,17-20H2,1-5H3;2-5H,1H3,(H,8,9,10). The van der Waals surface area contributed by atoms with Crippen LogP contribution in [0.4, 0.5) is 5.69 Å². The Bertz CT molecular complexity index is 1860. The number of benzene rings is 3. The molecule has 0 aliphatic heterocycles. The van der Waals surface area contributed by atoms with Crippen LogP contribution in [0.25, 0.3) is 11.0 Å². The summed E-state index contributed by atoms with van der Waals surface area (Å²) in [5.41, 5.74) is 2.87. The lowest BCUT2D eigenvalue weighted by Gasteiger charge is -2.21. The van der Waals surface area contributed by atoms with Crippen LogP contribution in [0.5, 0.6) is 5.75 Å². The molecule has 3 aromatic carbocycles. The fraction of sp³-hybridized carbons (Fsp3) is 0.432. The maximum Gasteiger partial charge on any atom is 0.294 e. The number of aryl methyl sites for hydroxylation is 1. The first-order valence-corrected chi connectivity index (χ1v) is 20.0. The molecule has 0 aliphatic rings. The zero-order valence-corrected chi connectivity index (χ0v) is 31.0. The van der Waals surface area contributed by atoms with Gasteiger partial charge in [0.15, 0.2) is 5.78 Å². The summed E-state index contributed by atoms with van der Waals surface area (Å²) in [4.78, 5) is 16.1. The van der Waals surface area contributed by atoms with Crippen LogP contribution >= 0.6 is 0 Å². The number of hydrogen-bond acceptors (Lipinski definition) is 8. The van der Waals surface area contributed by atoms with Gasteiger partial charge in [-0.05, 0) is 93.9 Å². The first-order valence-electron chi connectivity index (χ1n) is 16.7. The van der Waals surface area contributed by atoms with Gasteiger partial charge >= 0.3 is 0 Å². The van der Waals surface area contributed by atoms with Crippen molar-refractivity contribution in [2.45, 2.75) is 77.5 Å². The van der Waals surface area contributed by atoms with Crippen LogP contribution in [0.1, 0.15) is 93.0 Å². The van der Waals surface area contributed by atoms with Crippen molar-refractivity contribution >= 4 is 42.6 Å². The van der Waals surface area contributed by atoms with Gasteiger partial charge in [0.1, 0.15) is 17.1 Å². The number of anilines is 1. The van der Waals surface area contributed by atoms with Crippen molar-refractivity contribution in [3.05, 3.63) is 89.2 Å². The number of carbonyl (C=O) groups is 1.